The van der Waals surface area contributed by atoms with Crippen molar-refractivity contribution in [2.45, 2.75) is 39.3 Å². The minimum Gasteiger partial charge on any atom is -0.364 e. The van der Waals surface area contributed by atoms with Gasteiger partial charge in [0.2, 0.25) is 0 Å². The molecule has 2 N–H and O–H groups in total. The van der Waals surface area contributed by atoms with Gasteiger partial charge >= 0.3 is 0 Å². The highest BCUT2D eigenvalue weighted by Crippen LogP contribution is 2.31. The van der Waals surface area contributed by atoms with Crippen molar-refractivity contribution < 1.29 is 4.74 Å². The highest BCUT2D eigenvalue weighted by atomic mass is 16.5. The molecule has 1 saturated carbocycles. The van der Waals surface area contributed by atoms with Crippen LogP contribution in [0.5, 0.6) is 0 Å². The number of hydrogen-bond donors (Lipinski definition) is 1. The van der Waals surface area contributed by atoms with Crippen LogP contribution in [-0.4, -0.2) is 12.8 Å². The van der Waals surface area contributed by atoms with Crippen LogP contribution in [0.25, 0.3) is 0 Å². The minimum absolute atomic E-state index is 0.0946. The summed E-state index contributed by atoms with van der Waals surface area (Å²) in [6.07, 6.45) is 3.97. The molecule has 0 spiro atoms. The van der Waals surface area contributed by atoms with Gasteiger partial charge in [-0.25, -0.2) is 0 Å². The van der Waals surface area contributed by atoms with Crippen LogP contribution in [0.4, 0.5) is 0 Å². The predicted octanol–water partition coefficient (Wildman–Crippen LogP) is 1.74. The zero-order valence-corrected chi connectivity index (χ0v) is 7.55. The van der Waals surface area contributed by atoms with E-state index in [1.54, 1.807) is 0 Å². The highest BCUT2D eigenvalue weighted by Gasteiger charge is 2.23. The lowest BCUT2D eigenvalue weighted by molar-refractivity contribution is 0.0365. The molecule has 11 heavy (non-hydrogen) atoms. The maximum atomic E-state index is 5.49. The van der Waals surface area contributed by atoms with Crippen LogP contribution in [-0.2, 0) is 4.74 Å². The predicted molar refractivity (Wildman–Crippen MR) is 46.1 cm³/mol. The van der Waals surface area contributed by atoms with E-state index in [0.29, 0.717) is 0 Å². The van der Waals surface area contributed by atoms with Crippen molar-refractivity contribution in [3.05, 3.63) is 0 Å². The molecule has 0 heterocycles. The van der Waals surface area contributed by atoms with Gasteiger partial charge in [0.05, 0.1) is 6.61 Å². The second-order valence-electron chi connectivity index (χ2n) is 3.71. The third-order valence-corrected chi connectivity index (χ3v) is 2.61. The number of nitrogens with two attached hydrogens (primary N) is 1. The Morgan fingerprint density at radius 3 is 2.73 bits per heavy atom. The van der Waals surface area contributed by atoms with E-state index in [2.05, 4.69) is 6.92 Å². The summed E-state index contributed by atoms with van der Waals surface area (Å²) in [6.45, 7) is 5.06. The van der Waals surface area contributed by atoms with E-state index in [9.17, 15) is 0 Å². The second-order valence-corrected chi connectivity index (χ2v) is 3.71. The molecule has 1 aliphatic carbocycles. The second kappa shape index (κ2) is 4.07. The molecule has 0 bridgehead atoms. The smallest absolute Gasteiger partial charge is 0.102 e. The fourth-order valence-electron chi connectivity index (χ4n) is 1.75. The topological polar surface area (TPSA) is 35.2 Å². The molecule has 1 aliphatic rings. The first-order valence-corrected chi connectivity index (χ1v) is 4.57. The van der Waals surface area contributed by atoms with Crippen LogP contribution in [0.15, 0.2) is 0 Å². The van der Waals surface area contributed by atoms with Crippen LogP contribution in [0.2, 0.25) is 0 Å². The first kappa shape index (κ1) is 9.01. The summed E-state index contributed by atoms with van der Waals surface area (Å²) < 4.78 is 5.37. The standard InChI is InChI=1S/C9H19NO/c1-7-4-3-5-9(7)6-11-8(2)10/h7-9H,3-6,10H2,1-2H3/t7?,8-,9?/m0/s1. The molecule has 0 radical (unpaired) electrons. The van der Waals surface area contributed by atoms with Crippen molar-refractivity contribution in [2.75, 3.05) is 6.61 Å². The van der Waals surface area contributed by atoms with Crippen LogP contribution in [0, 0.1) is 11.8 Å². The van der Waals surface area contributed by atoms with Gasteiger partial charge in [0, 0.05) is 0 Å². The van der Waals surface area contributed by atoms with Gasteiger partial charge in [-0.3, -0.25) is 0 Å². The van der Waals surface area contributed by atoms with E-state index in [1.807, 2.05) is 6.92 Å². The molecular weight excluding hydrogens is 138 g/mol. The van der Waals surface area contributed by atoms with Gasteiger partial charge in [0.15, 0.2) is 0 Å². The van der Waals surface area contributed by atoms with Crippen molar-refractivity contribution in [1.82, 2.24) is 0 Å². The van der Waals surface area contributed by atoms with Crippen molar-refractivity contribution >= 4 is 0 Å². The third kappa shape index (κ3) is 2.80. The molecule has 0 aromatic heterocycles. The Morgan fingerprint density at radius 1 is 1.55 bits per heavy atom. The molecule has 0 saturated heterocycles. The average Bonchev–Trinajstić information content (AvgIpc) is 2.31. The van der Waals surface area contributed by atoms with E-state index in [1.165, 1.54) is 19.3 Å². The van der Waals surface area contributed by atoms with Crippen LogP contribution in [0.1, 0.15) is 33.1 Å². The maximum absolute atomic E-state index is 5.49. The lowest BCUT2D eigenvalue weighted by Gasteiger charge is -2.16. The molecular formula is C9H19NO. The Balaban J connectivity index is 2.15. The zero-order chi connectivity index (χ0) is 8.27. The van der Waals surface area contributed by atoms with Gasteiger partial charge in [0.25, 0.3) is 0 Å². The largest absolute Gasteiger partial charge is 0.364 e. The Bertz CT molecular complexity index is 114. The van der Waals surface area contributed by atoms with Gasteiger partial charge in [-0.1, -0.05) is 19.8 Å². The number of rotatable bonds is 3. The summed E-state index contributed by atoms with van der Waals surface area (Å²) in [6, 6.07) is 0. The lowest BCUT2D eigenvalue weighted by atomic mass is 9.99. The fraction of sp³-hybridized carbons (Fsp3) is 1.00. The summed E-state index contributed by atoms with van der Waals surface area (Å²) in [4.78, 5) is 0. The van der Waals surface area contributed by atoms with E-state index in [-0.39, 0.29) is 6.23 Å². The van der Waals surface area contributed by atoms with Crippen LogP contribution >= 0.6 is 0 Å². The van der Waals surface area contributed by atoms with Gasteiger partial charge < -0.3 is 10.5 Å². The number of hydrogen-bond acceptors (Lipinski definition) is 2. The zero-order valence-electron chi connectivity index (χ0n) is 7.55. The van der Waals surface area contributed by atoms with Crippen LogP contribution in [0.3, 0.4) is 0 Å². The van der Waals surface area contributed by atoms with E-state index >= 15 is 0 Å². The highest BCUT2D eigenvalue weighted by molar-refractivity contribution is 4.73. The molecule has 2 nitrogen and oxygen atoms in total. The Labute approximate surface area is 69.1 Å². The Kier molecular flexibility index (Phi) is 3.34. The summed E-state index contributed by atoms with van der Waals surface area (Å²) in [7, 11) is 0. The first-order chi connectivity index (χ1) is 5.20. The van der Waals surface area contributed by atoms with E-state index < -0.39 is 0 Å². The van der Waals surface area contributed by atoms with Gasteiger partial charge in [-0.2, -0.15) is 0 Å². The summed E-state index contributed by atoms with van der Waals surface area (Å²) in [5.41, 5.74) is 5.49. The summed E-state index contributed by atoms with van der Waals surface area (Å²) in [5.74, 6) is 1.61. The normalized spacial score (nSPS) is 34.1. The molecule has 0 aromatic carbocycles. The summed E-state index contributed by atoms with van der Waals surface area (Å²) >= 11 is 0. The van der Waals surface area contributed by atoms with Gasteiger partial charge in [0.1, 0.15) is 6.23 Å². The third-order valence-electron chi connectivity index (χ3n) is 2.61. The molecule has 3 atom stereocenters. The summed E-state index contributed by atoms with van der Waals surface area (Å²) in [5, 5.41) is 0. The monoisotopic (exact) mass is 157 g/mol. The van der Waals surface area contributed by atoms with Crippen molar-refractivity contribution in [3.63, 3.8) is 0 Å². The van der Waals surface area contributed by atoms with Gasteiger partial charge in [-0.15, -0.1) is 0 Å². The van der Waals surface area contributed by atoms with E-state index in [4.69, 9.17) is 10.5 Å². The van der Waals surface area contributed by atoms with Crippen molar-refractivity contribution in [2.24, 2.45) is 17.6 Å². The molecule has 0 aliphatic heterocycles. The lowest BCUT2D eigenvalue weighted by Crippen LogP contribution is -2.23. The van der Waals surface area contributed by atoms with E-state index in [0.717, 1.165) is 18.4 Å². The Hall–Kier alpha value is -0.0800. The molecule has 1 rings (SSSR count). The molecule has 2 heteroatoms. The quantitative estimate of drug-likeness (QED) is 0.633. The molecule has 1 fully saturated rings. The Morgan fingerprint density at radius 2 is 2.27 bits per heavy atom. The average molecular weight is 157 g/mol. The number of ether oxygens (including phenoxy) is 1. The van der Waals surface area contributed by atoms with Crippen molar-refractivity contribution in [3.8, 4) is 0 Å². The van der Waals surface area contributed by atoms with Crippen LogP contribution < -0.4 is 5.73 Å². The molecule has 2 unspecified atom stereocenters. The molecule has 0 amide bonds. The first-order valence-electron chi connectivity index (χ1n) is 4.57. The maximum Gasteiger partial charge on any atom is 0.102 e. The molecule has 0 aromatic rings. The molecule has 66 valence electrons. The fourth-order valence-corrected chi connectivity index (χ4v) is 1.75. The minimum atomic E-state index is -0.0946. The SMILES string of the molecule is CC1CCCC1CO[C@@H](C)N. The van der Waals surface area contributed by atoms with Crippen molar-refractivity contribution in [1.29, 1.82) is 0 Å². The van der Waals surface area contributed by atoms with Gasteiger partial charge in [-0.05, 0) is 25.2 Å².